The van der Waals surface area contributed by atoms with Crippen LogP contribution >= 0.6 is 27.3 Å². The fourth-order valence-corrected chi connectivity index (χ4v) is 2.34. The van der Waals surface area contributed by atoms with Crippen LogP contribution in [0, 0.1) is 5.82 Å². The van der Waals surface area contributed by atoms with Crippen molar-refractivity contribution in [1.82, 2.24) is 0 Å². The molecule has 2 aromatic rings. The van der Waals surface area contributed by atoms with Gasteiger partial charge in [-0.3, -0.25) is 0 Å². The van der Waals surface area contributed by atoms with Crippen LogP contribution in [0.2, 0.25) is 0 Å². The van der Waals surface area contributed by atoms with Crippen LogP contribution < -0.4 is 11.1 Å². The fraction of sp³-hybridized carbons (Fsp3) is 0.0909. The van der Waals surface area contributed by atoms with Crippen molar-refractivity contribution in [1.29, 1.82) is 0 Å². The van der Waals surface area contributed by atoms with Gasteiger partial charge in [-0.05, 0) is 44.4 Å². The standard InChI is InChI=1S/C11H10BrFN2S/c12-8-3-10(14)11(4-9(8)13)15-5-7-1-2-16-6-7/h1-4,6,15H,5,14H2. The number of hydrogen-bond acceptors (Lipinski definition) is 3. The van der Waals surface area contributed by atoms with Gasteiger partial charge in [-0.1, -0.05) is 0 Å². The number of nitrogens with one attached hydrogen (secondary N) is 1. The largest absolute Gasteiger partial charge is 0.397 e. The van der Waals surface area contributed by atoms with E-state index in [4.69, 9.17) is 5.73 Å². The minimum absolute atomic E-state index is 0.318. The zero-order valence-electron chi connectivity index (χ0n) is 8.34. The molecule has 0 aliphatic carbocycles. The van der Waals surface area contributed by atoms with Gasteiger partial charge in [-0.2, -0.15) is 11.3 Å². The van der Waals surface area contributed by atoms with Crippen molar-refractivity contribution in [3.05, 3.63) is 44.8 Å². The van der Waals surface area contributed by atoms with E-state index in [1.807, 2.05) is 16.8 Å². The van der Waals surface area contributed by atoms with Crippen molar-refractivity contribution >= 4 is 38.6 Å². The molecule has 3 N–H and O–H groups in total. The second-order valence-corrected chi connectivity index (χ2v) is 4.97. The SMILES string of the molecule is Nc1cc(Br)c(F)cc1NCc1ccsc1. The van der Waals surface area contributed by atoms with Crippen molar-refractivity contribution in [2.45, 2.75) is 6.54 Å². The van der Waals surface area contributed by atoms with Crippen molar-refractivity contribution in [2.75, 3.05) is 11.1 Å². The van der Waals surface area contributed by atoms with E-state index in [2.05, 4.69) is 21.2 Å². The van der Waals surface area contributed by atoms with Crippen molar-refractivity contribution in [3.8, 4) is 0 Å². The Morgan fingerprint density at radius 1 is 1.44 bits per heavy atom. The highest BCUT2D eigenvalue weighted by Gasteiger charge is 2.05. The molecule has 0 unspecified atom stereocenters. The molecule has 0 aliphatic rings. The molecule has 1 aromatic carbocycles. The Hall–Kier alpha value is -1.07. The Bertz CT molecular complexity index is 485. The quantitative estimate of drug-likeness (QED) is 0.845. The zero-order valence-corrected chi connectivity index (χ0v) is 10.7. The lowest BCUT2D eigenvalue weighted by molar-refractivity contribution is 0.622. The Balaban J connectivity index is 2.12. The maximum absolute atomic E-state index is 13.3. The molecule has 0 saturated carbocycles. The van der Waals surface area contributed by atoms with Gasteiger partial charge in [0.15, 0.2) is 0 Å². The van der Waals surface area contributed by atoms with E-state index < -0.39 is 0 Å². The molecule has 0 atom stereocenters. The van der Waals surface area contributed by atoms with Crippen LogP contribution in [-0.2, 0) is 6.54 Å². The lowest BCUT2D eigenvalue weighted by Crippen LogP contribution is -2.02. The van der Waals surface area contributed by atoms with Gasteiger partial charge in [-0.25, -0.2) is 4.39 Å². The van der Waals surface area contributed by atoms with Gasteiger partial charge in [0.25, 0.3) is 0 Å². The van der Waals surface area contributed by atoms with E-state index in [1.54, 1.807) is 17.4 Å². The van der Waals surface area contributed by atoms with Crippen LogP contribution in [0.25, 0.3) is 0 Å². The van der Waals surface area contributed by atoms with Crippen molar-refractivity contribution in [2.24, 2.45) is 0 Å². The summed E-state index contributed by atoms with van der Waals surface area (Å²) < 4.78 is 13.7. The number of halogens is 2. The molecular formula is C11H10BrFN2S. The van der Waals surface area contributed by atoms with E-state index in [1.165, 1.54) is 6.07 Å². The molecule has 0 aliphatic heterocycles. The smallest absolute Gasteiger partial charge is 0.139 e. The van der Waals surface area contributed by atoms with E-state index in [9.17, 15) is 4.39 Å². The highest BCUT2D eigenvalue weighted by atomic mass is 79.9. The molecular weight excluding hydrogens is 291 g/mol. The van der Waals surface area contributed by atoms with Crippen LogP contribution in [0.3, 0.4) is 0 Å². The molecule has 1 heterocycles. The first-order valence-corrected chi connectivity index (χ1v) is 6.40. The minimum Gasteiger partial charge on any atom is -0.397 e. The number of rotatable bonds is 3. The van der Waals surface area contributed by atoms with Gasteiger partial charge in [0, 0.05) is 12.6 Å². The van der Waals surface area contributed by atoms with E-state index in [0.29, 0.717) is 22.4 Å². The van der Waals surface area contributed by atoms with Crippen LogP contribution in [0.4, 0.5) is 15.8 Å². The molecule has 0 saturated heterocycles. The topological polar surface area (TPSA) is 38.0 Å². The molecule has 2 rings (SSSR count). The molecule has 84 valence electrons. The Morgan fingerprint density at radius 2 is 2.25 bits per heavy atom. The van der Waals surface area contributed by atoms with Crippen molar-refractivity contribution < 1.29 is 4.39 Å². The highest BCUT2D eigenvalue weighted by Crippen LogP contribution is 2.26. The fourth-order valence-electron chi connectivity index (χ4n) is 1.31. The van der Waals surface area contributed by atoms with E-state index in [-0.39, 0.29) is 5.82 Å². The molecule has 16 heavy (non-hydrogen) atoms. The molecule has 0 bridgehead atoms. The molecule has 0 fully saturated rings. The third kappa shape index (κ3) is 2.54. The molecule has 1 aromatic heterocycles. The maximum atomic E-state index is 13.3. The lowest BCUT2D eigenvalue weighted by atomic mass is 10.2. The average molecular weight is 301 g/mol. The van der Waals surface area contributed by atoms with Gasteiger partial charge in [-0.15, -0.1) is 0 Å². The number of benzene rings is 1. The van der Waals surface area contributed by atoms with Gasteiger partial charge in [0.2, 0.25) is 0 Å². The predicted molar refractivity (Wildman–Crippen MR) is 70.2 cm³/mol. The normalized spacial score (nSPS) is 10.4. The van der Waals surface area contributed by atoms with Crippen molar-refractivity contribution in [3.63, 3.8) is 0 Å². The summed E-state index contributed by atoms with van der Waals surface area (Å²) in [6, 6.07) is 4.97. The van der Waals surface area contributed by atoms with Crippen LogP contribution in [-0.4, -0.2) is 0 Å². The zero-order chi connectivity index (χ0) is 11.5. The first-order chi connectivity index (χ1) is 7.66. The van der Waals surface area contributed by atoms with Gasteiger partial charge >= 0.3 is 0 Å². The molecule has 0 spiro atoms. The second kappa shape index (κ2) is 4.84. The number of nitrogen functional groups attached to an aromatic ring is 1. The number of hydrogen-bond donors (Lipinski definition) is 2. The van der Waals surface area contributed by atoms with Crippen LogP contribution in [0.1, 0.15) is 5.56 Å². The number of nitrogens with two attached hydrogens (primary N) is 1. The predicted octanol–water partition coefficient (Wildman–Crippen LogP) is 3.84. The third-order valence-electron chi connectivity index (χ3n) is 2.16. The van der Waals surface area contributed by atoms with Gasteiger partial charge < -0.3 is 11.1 Å². The summed E-state index contributed by atoms with van der Waals surface area (Å²) in [5.41, 5.74) is 8.08. The first-order valence-electron chi connectivity index (χ1n) is 4.66. The summed E-state index contributed by atoms with van der Waals surface area (Å²) in [4.78, 5) is 0. The molecule has 0 amide bonds. The summed E-state index contributed by atoms with van der Waals surface area (Å²) in [6.07, 6.45) is 0. The minimum atomic E-state index is -0.318. The maximum Gasteiger partial charge on any atom is 0.139 e. The van der Waals surface area contributed by atoms with E-state index >= 15 is 0 Å². The number of anilines is 2. The third-order valence-corrected chi connectivity index (χ3v) is 3.50. The highest BCUT2D eigenvalue weighted by molar-refractivity contribution is 9.10. The van der Waals surface area contributed by atoms with E-state index in [0.717, 1.165) is 5.56 Å². The van der Waals surface area contributed by atoms with Gasteiger partial charge in [0.1, 0.15) is 5.82 Å². The Morgan fingerprint density at radius 3 is 2.94 bits per heavy atom. The molecule has 2 nitrogen and oxygen atoms in total. The number of thiophene rings is 1. The van der Waals surface area contributed by atoms with Gasteiger partial charge in [0.05, 0.1) is 15.8 Å². The monoisotopic (exact) mass is 300 g/mol. The first kappa shape index (κ1) is 11.4. The Labute approximate surface area is 105 Å². The summed E-state index contributed by atoms with van der Waals surface area (Å²) in [7, 11) is 0. The summed E-state index contributed by atoms with van der Waals surface area (Å²) in [5.74, 6) is -0.318. The summed E-state index contributed by atoms with van der Waals surface area (Å²) in [6.45, 7) is 0.648. The molecule has 0 radical (unpaired) electrons. The molecule has 5 heteroatoms. The Kier molecular flexibility index (Phi) is 3.46. The average Bonchev–Trinajstić information content (AvgIpc) is 2.74. The lowest BCUT2D eigenvalue weighted by Gasteiger charge is -2.09. The van der Waals surface area contributed by atoms with Crippen LogP contribution in [0.15, 0.2) is 33.4 Å². The van der Waals surface area contributed by atoms with Crippen LogP contribution in [0.5, 0.6) is 0 Å². The second-order valence-electron chi connectivity index (χ2n) is 3.34. The summed E-state index contributed by atoms with van der Waals surface area (Å²) in [5, 5.41) is 7.15. The summed E-state index contributed by atoms with van der Waals surface area (Å²) >= 11 is 4.72.